The van der Waals surface area contributed by atoms with Gasteiger partial charge in [0.2, 0.25) is 29.1 Å². The Kier molecular flexibility index (Phi) is 4.22. The average Bonchev–Trinajstić information content (AvgIpc) is 2.48. The monoisotopic (exact) mass is 288 g/mol. The second kappa shape index (κ2) is 5.90. The van der Waals surface area contributed by atoms with Gasteiger partial charge in [0.05, 0.1) is 6.61 Å². The van der Waals surface area contributed by atoms with E-state index in [0.29, 0.717) is 0 Å². The maximum Gasteiger partial charge on any atom is 0.206 e. The van der Waals surface area contributed by atoms with Gasteiger partial charge in [0, 0.05) is 6.42 Å². The molecule has 0 saturated heterocycles. The van der Waals surface area contributed by atoms with Crippen molar-refractivity contribution in [2.24, 2.45) is 0 Å². The normalized spacial score (nSPS) is 10.7. The summed E-state index contributed by atoms with van der Waals surface area (Å²) in [5, 5.41) is 0. The lowest BCUT2D eigenvalue weighted by Crippen LogP contribution is -2.09. The van der Waals surface area contributed by atoms with Gasteiger partial charge in [-0.1, -0.05) is 30.3 Å². The van der Waals surface area contributed by atoms with Crippen LogP contribution in [0.25, 0.3) is 0 Å². The third-order valence-electron chi connectivity index (χ3n) is 2.65. The number of hydrogen-bond acceptors (Lipinski definition) is 1. The molecule has 0 saturated carbocycles. The van der Waals surface area contributed by atoms with Crippen LogP contribution in [0, 0.1) is 29.1 Å². The van der Waals surface area contributed by atoms with E-state index in [1.807, 2.05) is 0 Å². The molecule has 0 atom stereocenters. The Bertz CT molecular complexity index is 584. The summed E-state index contributed by atoms with van der Waals surface area (Å²) < 4.78 is 69.9. The Morgan fingerprint density at radius 1 is 0.700 bits per heavy atom. The van der Waals surface area contributed by atoms with Crippen molar-refractivity contribution in [1.29, 1.82) is 0 Å². The molecule has 2 aromatic rings. The molecule has 0 unspecified atom stereocenters. The van der Waals surface area contributed by atoms with Gasteiger partial charge < -0.3 is 4.74 Å². The van der Waals surface area contributed by atoms with Crippen molar-refractivity contribution in [3.8, 4) is 5.75 Å². The molecule has 0 amide bonds. The highest BCUT2D eigenvalue weighted by molar-refractivity contribution is 5.29. The number of halogens is 5. The van der Waals surface area contributed by atoms with Crippen LogP contribution in [0.1, 0.15) is 5.56 Å². The molecule has 0 N–H and O–H groups in total. The van der Waals surface area contributed by atoms with Crippen LogP contribution in [0.4, 0.5) is 22.0 Å². The smallest absolute Gasteiger partial charge is 0.206 e. The van der Waals surface area contributed by atoms with Crippen LogP contribution in [0.15, 0.2) is 30.3 Å². The summed E-state index contributed by atoms with van der Waals surface area (Å²) in [6.45, 7) is -0.206. The Morgan fingerprint density at radius 3 is 1.75 bits per heavy atom. The molecular formula is C14H9F5O. The van der Waals surface area contributed by atoms with E-state index >= 15 is 0 Å². The molecule has 0 bridgehead atoms. The Balaban J connectivity index is 2.14. The number of benzene rings is 2. The molecule has 2 aromatic carbocycles. The first-order valence-corrected chi connectivity index (χ1v) is 5.70. The van der Waals surface area contributed by atoms with E-state index in [4.69, 9.17) is 4.74 Å². The molecule has 6 heteroatoms. The van der Waals surface area contributed by atoms with Gasteiger partial charge in [0.25, 0.3) is 0 Å². The maximum absolute atomic E-state index is 13.3. The minimum atomic E-state index is -2.20. The van der Waals surface area contributed by atoms with E-state index in [1.54, 1.807) is 30.3 Å². The van der Waals surface area contributed by atoms with Gasteiger partial charge in [-0.2, -0.15) is 8.78 Å². The second-order valence-corrected chi connectivity index (χ2v) is 3.98. The van der Waals surface area contributed by atoms with Crippen molar-refractivity contribution in [2.45, 2.75) is 6.42 Å². The van der Waals surface area contributed by atoms with Crippen LogP contribution < -0.4 is 4.74 Å². The third-order valence-corrected chi connectivity index (χ3v) is 2.65. The summed E-state index contributed by atoms with van der Waals surface area (Å²) in [5.74, 6) is -11.4. The summed E-state index contributed by atoms with van der Waals surface area (Å²) in [5.41, 5.74) is 0.816. The third kappa shape index (κ3) is 2.74. The van der Waals surface area contributed by atoms with Gasteiger partial charge in [-0.25, -0.2) is 13.2 Å². The van der Waals surface area contributed by atoms with Crippen molar-refractivity contribution >= 4 is 0 Å². The summed E-state index contributed by atoms with van der Waals surface area (Å²) in [7, 11) is 0. The molecular weight excluding hydrogens is 279 g/mol. The van der Waals surface area contributed by atoms with Gasteiger partial charge in [0.15, 0.2) is 5.75 Å². The van der Waals surface area contributed by atoms with Gasteiger partial charge in [-0.15, -0.1) is 0 Å². The highest BCUT2D eigenvalue weighted by atomic mass is 19.2. The number of rotatable bonds is 4. The van der Waals surface area contributed by atoms with E-state index < -0.39 is 34.8 Å². The largest absolute Gasteiger partial charge is 0.487 e. The zero-order chi connectivity index (χ0) is 14.7. The fourth-order valence-electron chi connectivity index (χ4n) is 1.63. The molecule has 0 radical (unpaired) electrons. The highest BCUT2D eigenvalue weighted by Crippen LogP contribution is 2.29. The zero-order valence-corrected chi connectivity index (χ0v) is 10.1. The Hall–Kier alpha value is -2.11. The van der Waals surface area contributed by atoms with Gasteiger partial charge >= 0.3 is 0 Å². The molecule has 0 aliphatic heterocycles. The number of ether oxygens (including phenoxy) is 1. The van der Waals surface area contributed by atoms with Gasteiger partial charge in [-0.05, 0) is 5.56 Å². The van der Waals surface area contributed by atoms with Crippen molar-refractivity contribution < 1.29 is 26.7 Å². The lowest BCUT2D eigenvalue weighted by molar-refractivity contribution is 0.265. The minimum Gasteiger partial charge on any atom is -0.487 e. The predicted molar refractivity (Wildman–Crippen MR) is 61.9 cm³/mol. The van der Waals surface area contributed by atoms with E-state index in [1.165, 1.54) is 0 Å². The van der Waals surface area contributed by atoms with E-state index in [0.717, 1.165) is 5.56 Å². The second-order valence-electron chi connectivity index (χ2n) is 3.98. The average molecular weight is 288 g/mol. The molecule has 20 heavy (non-hydrogen) atoms. The summed E-state index contributed by atoms with van der Waals surface area (Å²) in [4.78, 5) is 0. The van der Waals surface area contributed by atoms with Crippen LogP contribution in [-0.2, 0) is 6.42 Å². The molecule has 106 valence electrons. The summed E-state index contributed by atoms with van der Waals surface area (Å²) >= 11 is 0. The van der Waals surface area contributed by atoms with E-state index in [-0.39, 0.29) is 13.0 Å². The molecule has 0 aromatic heterocycles. The van der Waals surface area contributed by atoms with Crippen molar-refractivity contribution in [3.63, 3.8) is 0 Å². The quantitative estimate of drug-likeness (QED) is 0.469. The first kappa shape index (κ1) is 14.3. The van der Waals surface area contributed by atoms with Crippen LogP contribution >= 0.6 is 0 Å². The molecule has 2 rings (SSSR count). The molecule has 0 aliphatic rings. The molecule has 0 spiro atoms. The molecule has 0 fully saturated rings. The van der Waals surface area contributed by atoms with Crippen LogP contribution in [0.3, 0.4) is 0 Å². The van der Waals surface area contributed by atoms with E-state index in [2.05, 4.69) is 0 Å². The summed E-state index contributed by atoms with van der Waals surface area (Å²) in [6, 6.07) is 8.81. The summed E-state index contributed by atoms with van der Waals surface area (Å²) in [6.07, 6.45) is 0.278. The molecule has 0 heterocycles. The molecule has 1 nitrogen and oxygen atoms in total. The topological polar surface area (TPSA) is 9.23 Å². The Labute approximate surface area is 111 Å². The van der Waals surface area contributed by atoms with Gasteiger partial charge in [0.1, 0.15) is 0 Å². The van der Waals surface area contributed by atoms with Crippen molar-refractivity contribution in [2.75, 3.05) is 6.61 Å². The maximum atomic E-state index is 13.3. The highest BCUT2D eigenvalue weighted by Gasteiger charge is 2.26. The standard InChI is InChI=1S/C14H9F5O/c15-9-10(16)12(18)14(13(19)11(9)17)20-7-6-8-4-2-1-3-5-8/h1-5H,6-7H2. The SMILES string of the molecule is Fc1c(F)c(F)c(OCCc2ccccc2)c(F)c1F. The fourth-order valence-corrected chi connectivity index (χ4v) is 1.63. The minimum absolute atomic E-state index is 0.206. The van der Waals surface area contributed by atoms with Crippen molar-refractivity contribution in [1.82, 2.24) is 0 Å². The Morgan fingerprint density at radius 2 is 1.20 bits per heavy atom. The fraction of sp³-hybridized carbons (Fsp3) is 0.143. The van der Waals surface area contributed by atoms with Gasteiger partial charge in [-0.3, -0.25) is 0 Å². The zero-order valence-electron chi connectivity index (χ0n) is 10.1. The lowest BCUT2D eigenvalue weighted by atomic mass is 10.2. The van der Waals surface area contributed by atoms with Crippen LogP contribution in [0.5, 0.6) is 5.75 Å². The van der Waals surface area contributed by atoms with Crippen LogP contribution in [-0.4, -0.2) is 6.61 Å². The first-order chi connectivity index (χ1) is 9.52. The van der Waals surface area contributed by atoms with Crippen LogP contribution in [0.2, 0.25) is 0 Å². The molecule has 0 aliphatic carbocycles. The van der Waals surface area contributed by atoms with E-state index in [9.17, 15) is 22.0 Å². The number of hydrogen-bond donors (Lipinski definition) is 0. The first-order valence-electron chi connectivity index (χ1n) is 5.70. The van der Waals surface area contributed by atoms with Crippen molar-refractivity contribution in [3.05, 3.63) is 65.0 Å². The predicted octanol–water partition coefficient (Wildman–Crippen LogP) is 4.00. The lowest BCUT2D eigenvalue weighted by Gasteiger charge is -2.10.